The predicted octanol–water partition coefficient (Wildman–Crippen LogP) is 2.30. The van der Waals surface area contributed by atoms with Crippen LogP contribution < -0.4 is 15.4 Å². The number of ether oxygens (including phenoxy) is 1. The summed E-state index contributed by atoms with van der Waals surface area (Å²) in [4.78, 5) is 26.1. The maximum atomic E-state index is 12.2. The molecule has 1 heterocycles. The Morgan fingerprint density at radius 2 is 1.60 bits per heavy atom. The molecule has 136 valence electrons. The number of nitrogens with one attached hydrogen (secondary N) is 2. The predicted molar refractivity (Wildman–Crippen MR) is 95.5 cm³/mol. The highest BCUT2D eigenvalue weighted by Crippen LogP contribution is 2.18. The average molecular weight is 345 g/mol. The molecule has 1 aliphatic carbocycles. The molecule has 1 aromatic carbocycles. The highest BCUT2D eigenvalue weighted by molar-refractivity contribution is 5.78. The average Bonchev–Trinajstić information content (AvgIpc) is 3.14. The van der Waals surface area contributed by atoms with Crippen LogP contribution in [0.1, 0.15) is 38.5 Å². The number of carbonyl (C=O) groups is 2. The van der Waals surface area contributed by atoms with Crippen molar-refractivity contribution in [1.82, 2.24) is 15.5 Å². The monoisotopic (exact) mass is 345 g/mol. The molecule has 2 fully saturated rings. The van der Waals surface area contributed by atoms with Gasteiger partial charge in [0.15, 0.2) is 6.61 Å². The number of likely N-dealkylation sites (tertiary alicyclic amines) is 1. The molecule has 1 saturated carbocycles. The lowest BCUT2D eigenvalue weighted by molar-refractivity contribution is -0.124. The zero-order chi connectivity index (χ0) is 17.5. The van der Waals surface area contributed by atoms with Crippen LogP contribution in [0.15, 0.2) is 30.3 Å². The van der Waals surface area contributed by atoms with E-state index in [9.17, 15) is 9.59 Å². The fourth-order valence-electron chi connectivity index (χ4n) is 3.50. The van der Waals surface area contributed by atoms with Gasteiger partial charge >= 0.3 is 6.03 Å². The quantitative estimate of drug-likeness (QED) is 0.860. The number of carbonyl (C=O) groups excluding carboxylic acids is 2. The van der Waals surface area contributed by atoms with Crippen molar-refractivity contribution in [3.05, 3.63) is 30.3 Å². The van der Waals surface area contributed by atoms with Crippen molar-refractivity contribution >= 4 is 11.9 Å². The fourth-order valence-corrected chi connectivity index (χ4v) is 3.50. The molecule has 0 atom stereocenters. The second-order valence-electron chi connectivity index (χ2n) is 6.86. The molecule has 0 bridgehead atoms. The van der Waals surface area contributed by atoms with E-state index in [1.807, 2.05) is 35.2 Å². The summed E-state index contributed by atoms with van der Waals surface area (Å²) in [5.74, 6) is 0.578. The van der Waals surface area contributed by atoms with Crippen LogP contribution in [0.5, 0.6) is 5.75 Å². The van der Waals surface area contributed by atoms with Gasteiger partial charge in [-0.1, -0.05) is 31.0 Å². The molecule has 0 unspecified atom stereocenters. The van der Waals surface area contributed by atoms with Crippen molar-refractivity contribution in [3.8, 4) is 5.75 Å². The first-order chi connectivity index (χ1) is 12.2. The molecule has 25 heavy (non-hydrogen) atoms. The Morgan fingerprint density at radius 3 is 2.28 bits per heavy atom. The normalized spacial score (nSPS) is 18.8. The smallest absolute Gasteiger partial charge is 0.317 e. The molecule has 1 aromatic rings. The van der Waals surface area contributed by atoms with Crippen LogP contribution in [-0.2, 0) is 4.79 Å². The number of nitrogens with zero attached hydrogens (tertiary/aromatic N) is 1. The topological polar surface area (TPSA) is 70.7 Å². The molecule has 3 amide bonds. The Morgan fingerprint density at radius 1 is 0.960 bits per heavy atom. The number of benzene rings is 1. The van der Waals surface area contributed by atoms with Crippen LogP contribution in [0, 0.1) is 0 Å². The van der Waals surface area contributed by atoms with E-state index in [-0.39, 0.29) is 24.6 Å². The van der Waals surface area contributed by atoms with Crippen molar-refractivity contribution in [1.29, 1.82) is 0 Å². The highest BCUT2D eigenvalue weighted by atomic mass is 16.5. The molecule has 1 aliphatic heterocycles. The zero-order valence-electron chi connectivity index (χ0n) is 14.6. The Labute approximate surface area is 148 Å². The Bertz CT molecular complexity index is 565. The van der Waals surface area contributed by atoms with Gasteiger partial charge in [0.1, 0.15) is 5.75 Å². The third-order valence-corrected chi connectivity index (χ3v) is 4.94. The van der Waals surface area contributed by atoms with Crippen molar-refractivity contribution in [3.63, 3.8) is 0 Å². The summed E-state index contributed by atoms with van der Waals surface area (Å²) in [6, 6.07) is 9.82. The summed E-state index contributed by atoms with van der Waals surface area (Å²) in [6.07, 6.45) is 6.19. The maximum Gasteiger partial charge on any atom is 0.317 e. The van der Waals surface area contributed by atoms with E-state index in [0.717, 1.165) is 25.7 Å². The molecular weight excluding hydrogens is 318 g/mol. The summed E-state index contributed by atoms with van der Waals surface area (Å²) >= 11 is 0. The van der Waals surface area contributed by atoms with E-state index >= 15 is 0 Å². The summed E-state index contributed by atoms with van der Waals surface area (Å²) in [7, 11) is 0. The van der Waals surface area contributed by atoms with Gasteiger partial charge in [-0.3, -0.25) is 4.79 Å². The van der Waals surface area contributed by atoms with Crippen LogP contribution in [0.4, 0.5) is 4.79 Å². The van der Waals surface area contributed by atoms with Crippen LogP contribution in [0.2, 0.25) is 0 Å². The molecular formula is C19H27N3O3. The summed E-state index contributed by atoms with van der Waals surface area (Å²) in [6.45, 7) is 1.39. The van der Waals surface area contributed by atoms with Gasteiger partial charge in [0, 0.05) is 25.2 Å². The van der Waals surface area contributed by atoms with E-state index in [1.165, 1.54) is 12.8 Å². The molecule has 2 N–H and O–H groups in total. The van der Waals surface area contributed by atoms with Crippen LogP contribution in [0.25, 0.3) is 0 Å². The van der Waals surface area contributed by atoms with E-state index in [1.54, 1.807) is 0 Å². The van der Waals surface area contributed by atoms with Crippen molar-refractivity contribution < 1.29 is 14.3 Å². The lowest BCUT2D eigenvalue weighted by Gasteiger charge is -2.33. The van der Waals surface area contributed by atoms with Crippen LogP contribution in [0.3, 0.4) is 0 Å². The number of hydrogen-bond donors (Lipinski definition) is 2. The molecule has 2 aliphatic rings. The first kappa shape index (κ1) is 17.6. The van der Waals surface area contributed by atoms with Gasteiger partial charge in [-0.05, 0) is 37.8 Å². The van der Waals surface area contributed by atoms with Gasteiger partial charge in [-0.15, -0.1) is 0 Å². The van der Waals surface area contributed by atoms with Gasteiger partial charge in [0.25, 0.3) is 5.91 Å². The number of para-hydroxylation sites is 1. The molecule has 0 radical (unpaired) electrons. The van der Waals surface area contributed by atoms with Gasteiger partial charge in [0.2, 0.25) is 0 Å². The number of rotatable bonds is 5. The zero-order valence-corrected chi connectivity index (χ0v) is 14.6. The minimum atomic E-state index is -0.113. The Hall–Kier alpha value is -2.24. The third kappa shape index (κ3) is 5.37. The van der Waals surface area contributed by atoms with E-state index < -0.39 is 0 Å². The molecule has 6 heteroatoms. The SMILES string of the molecule is O=C(COc1ccccc1)NC1CCN(C(=O)NC2CCCC2)CC1. The maximum absolute atomic E-state index is 12.2. The van der Waals surface area contributed by atoms with Gasteiger partial charge < -0.3 is 20.3 Å². The Kier molecular flexibility index (Phi) is 6.14. The highest BCUT2D eigenvalue weighted by Gasteiger charge is 2.26. The summed E-state index contributed by atoms with van der Waals surface area (Å²) in [5, 5.41) is 6.12. The van der Waals surface area contributed by atoms with E-state index in [2.05, 4.69) is 10.6 Å². The van der Waals surface area contributed by atoms with Crippen molar-refractivity contribution in [2.45, 2.75) is 50.6 Å². The van der Waals surface area contributed by atoms with Crippen molar-refractivity contribution in [2.75, 3.05) is 19.7 Å². The summed E-state index contributed by atoms with van der Waals surface area (Å²) < 4.78 is 5.46. The van der Waals surface area contributed by atoms with Crippen LogP contribution in [-0.4, -0.2) is 48.6 Å². The minimum Gasteiger partial charge on any atom is -0.484 e. The van der Waals surface area contributed by atoms with E-state index in [0.29, 0.717) is 24.9 Å². The fraction of sp³-hybridized carbons (Fsp3) is 0.579. The molecule has 6 nitrogen and oxygen atoms in total. The van der Waals surface area contributed by atoms with Crippen molar-refractivity contribution in [2.24, 2.45) is 0 Å². The largest absolute Gasteiger partial charge is 0.484 e. The first-order valence-electron chi connectivity index (χ1n) is 9.23. The minimum absolute atomic E-state index is 0.0202. The van der Waals surface area contributed by atoms with Crippen LogP contribution >= 0.6 is 0 Å². The molecule has 0 spiro atoms. The van der Waals surface area contributed by atoms with Gasteiger partial charge in [0.05, 0.1) is 0 Å². The van der Waals surface area contributed by atoms with E-state index in [4.69, 9.17) is 4.74 Å². The van der Waals surface area contributed by atoms with Gasteiger partial charge in [-0.25, -0.2) is 4.79 Å². The number of amides is 3. The Balaban J connectivity index is 1.34. The molecule has 1 saturated heterocycles. The van der Waals surface area contributed by atoms with Gasteiger partial charge in [-0.2, -0.15) is 0 Å². The number of piperidine rings is 1. The second-order valence-corrected chi connectivity index (χ2v) is 6.86. The summed E-state index contributed by atoms with van der Waals surface area (Å²) in [5.41, 5.74) is 0. The number of hydrogen-bond acceptors (Lipinski definition) is 3. The lowest BCUT2D eigenvalue weighted by atomic mass is 10.1. The first-order valence-corrected chi connectivity index (χ1v) is 9.23. The second kappa shape index (κ2) is 8.74. The number of urea groups is 1. The molecule has 0 aromatic heterocycles. The standard InChI is InChI=1S/C19H27N3O3/c23-18(14-25-17-8-2-1-3-9-17)20-16-10-12-22(13-11-16)19(24)21-15-6-4-5-7-15/h1-3,8-9,15-16H,4-7,10-14H2,(H,20,23)(H,21,24). The molecule has 3 rings (SSSR count). The third-order valence-electron chi connectivity index (χ3n) is 4.94. The lowest BCUT2D eigenvalue weighted by Crippen LogP contribution is -2.51.